The van der Waals surface area contributed by atoms with E-state index in [4.69, 9.17) is 14.7 Å². The second-order valence-electron chi connectivity index (χ2n) is 3.52. The maximum atomic E-state index is 12.7. The Kier molecular flexibility index (Phi) is 4.98. The summed E-state index contributed by atoms with van der Waals surface area (Å²) in [6, 6.07) is 4.90. The first kappa shape index (κ1) is 14.3. The third-order valence-electron chi connectivity index (χ3n) is 2.16. The zero-order valence-corrected chi connectivity index (χ0v) is 9.75. The highest BCUT2D eigenvalue weighted by Crippen LogP contribution is 2.36. The van der Waals surface area contributed by atoms with Crippen LogP contribution < -0.4 is 4.74 Å². The van der Waals surface area contributed by atoms with Gasteiger partial charge in [-0.25, -0.2) is 0 Å². The Morgan fingerprint density at radius 1 is 1.28 bits per heavy atom. The van der Waals surface area contributed by atoms with Gasteiger partial charge in [0.15, 0.2) is 0 Å². The number of ether oxygens (including phenoxy) is 2. The number of alkyl halides is 3. The number of hydrogen-bond donors (Lipinski definition) is 0. The molecule has 0 fully saturated rings. The van der Waals surface area contributed by atoms with Crippen LogP contribution in [0, 0.1) is 11.3 Å². The molecule has 0 N–H and O–H groups in total. The lowest BCUT2D eigenvalue weighted by molar-refractivity contribution is -0.139. The van der Waals surface area contributed by atoms with Gasteiger partial charge in [-0.2, -0.15) is 18.4 Å². The summed E-state index contributed by atoms with van der Waals surface area (Å²) in [6.07, 6.45) is -4.04. The van der Waals surface area contributed by atoms with E-state index in [-0.39, 0.29) is 17.9 Å². The number of benzene rings is 1. The number of halogens is 3. The predicted molar refractivity (Wildman–Crippen MR) is 58.1 cm³/mol. The molecule has 0 atom stereocenters. The molecule has 1 aromatic rings. The molecule has 0 spiro atoms. The summed E-state index contributed by atoms with van der Waals surface area (Å²) < 4.78 is 48.0. The molecule has 0 saturated heterocycles. The quantitative estimate of drug-likeness (QED) is 0.763. The summed E-state index contributed by atoms with van der Waals surface area (Å²) in [6.45, 7) is 0.542. The van der Waals surface area contributed by atoms with Gasteiger partial charge in [0.25, 0.3) is 0 Å². The summed E-state index contributed by atoms with van der Waals surface area (Å²) in [5.74, 6) is -0.266. The van der Waals surface area contributed by atoms with Gasteiger partial charge in [0.05, 0.1) is 23.8 Å². The predicted octanol–water partition coefficient (Wildman–Crippen LogP) is 2.99. The van der Waals surface area contributed by atoms with Gasteiger partial charge in [-0.05, 0) is 18.2 Å². The van der Waals surface area contributed by atoms with Crippen molar-refractivity contribution in [2.24, 2.45) is 0 Å². The summed E-state index contributed by atoms with van der Waals surface area (Å²) in [7, 11) is 1.50. The first-order chi connectivity index (χ1) is 8.49. The van der Waals surface area contributed by atoms with Gasteiger partial charge in [0.1, 0.15) is 5.75 Å². The molecule has 0 amide bonds. The lowest BCUT2D eigenvalue weighted by Gasteiger charge is -2.14. The molecule has 1 rings (SSSR count). The van der Waals surface area contributed by atoms with Crippen molar-refractivity contribution in [1.82, 2.24) is 0 Å². The van der Waals surface area contributed by atoms with Crippen LogP contribution in [0.3, 0.4) is 0 Å². The van der Waals surface area contributed by atoms with Crippen molar-refractivity contribution < 1.29 is 22.6 Å². The number of nitriles is 1. The van der Waals surface area contributed by atoms with Crippen LogP contribution in [0.25, 0.3) is 0 Å². The third kappa shape index (κ3) is 3.93. The SMILES string of the molecule is COCCCOc1ccc(C#N)cc1C(F)(F)F. The van der Waals surface area contributed by atoms with Crippen molar-refractivity contribution in [2.75, 3.05) is 20.3 Å². The average molecular weight is 259 g/mol. The zero-order valence-electron chi connectivity index (χ0n) is 9.75. The number of rotatable bonds is 5. The molecule has 18 heavy (non-hydrogen) atoms. The van der Waals surface area contributed by atoms with E-state index in [0.29, 0.717) is 13.0 Å². The van der Waals surface area contributed by atoms with Gasteiger partial charge in [-0.1, -0.05) is 0 Å². The maximum Gasteiger partial charge on any atom is 0.420 e. The Balaban J connectivity index is 2.87. The molecule has 1 aromatic carbocycles. The fourth-order valence-electron chi connectivity index (χ4n) is 1.33. The van der Waals surface area contributed by atoms with Crippen LogP contribution in [0.1, 0.15) is 17.5 Å². The van der Waals surface area contributed by atoms with Gasteiger partial charge < -0.3 is 9.47 Å². The highest BCUT2D eigenvalue weighted by Gasteiger charge is 2.34. The van der Waals surface area contributed by atoms with Crippen LogP contribution in [0.4, 0.5) is 13.2 Å². The van der Waals surface area contributed by atoms with E-state index in [1.807, 2.05) is 0 Å². The smallest absolute Gasteiger partial charge is 0.420 e. The zero-order chi connectivity index (χ0) is 13.6. The van der Waals surface area contributed by atoms with Crippen molar-refractivity contribution in [3.05, 3.63) is 29.3 Å². The fourth-order valence-corrected chi connectivity index (χ4v) is 1.33. The Hall–Kier alpha value is -1.74. The van der Waals surface area contributed by atoms with E-state index >= 15 is 0 Å². The van der Waals surface area contributed by atoms with Crippen molar-refractivity contribution in [1.29, 1.82) is 5.26 Å². The lowest BCUT2D eigenvalue weighted by Crippen LogP contribution is -2.10. The van der Waals surface area contributed by atoms with Crippen LogP contribution in [-0.2, 0) is 10.9 Å². The molecule has 0 aliphatic heterocycles. The van der Waals surface area contributed by atoms with Gasteiger partial charge in [0.2, 0.25) is 0 Å². The first-order valence-electron chi connectivity index (χ1n) is 5.22. The van der Waals surface area contributed by atoms with E-state index in [1.54, 1.807) is 6.07 Å². The highest BCUT2D eigenvalue weighted by molar-refractivity contribution is 5.43. The van der Waals surface area contributed by atoms with Crippen molar-refractivity contribution >= 4 is 0 Å². The lowest BCUT2D eigenvalue weighted by atomic mass is 10.1. The number of nitrogens with zero attached hydrogens (tertiary/aromatic N) is 1. The van der Waals surface area contributed by atoms with Crippen LogP contribution in [0.2, 0.25) is 0 Å². The minimum Gasteiger partial charge on any atom is -0.493 e. The molecule has 0 aromatic heterocycles. The highest BCUT2D eigenvalue weighted by atomic mass is 19.4. The summed E-state index contributed by atoms with van der Waals surface area (Å²) >= 11 is 0. The molecule has 0 aliphatic carbocycles. The minimum absolute atomic E-state index is 0.0495. The second kappa shape index (κ2) is 6.26. The molecule has 0 unspecified atom stereocenters. The van der Waals surface area contributed by atoms with Gasteiger partial charge in [-0.3, -0.25) is 0 Å². The first-order valence-corrected chi connectivity index (χ1v) is 5.22. The molecule has 3 nitrogen and oxygen atoms in total. The molecular weight excluding hydrogens is 247 g/mol. The van der Waals surface area contributed by atoms with E-state index < -0.39 is 11.7 Å². The van der Waals surface area contributed by atoms with Crippen LogP contribution in [0.15, 0.2) is 18.2 Å². The third-order valence-corrected chi connectivity index (χ3v) is 2.16. The molecule has 0 bridgehead atoms. The molecule has 0 heterocycles. The van der Waals surface area contributed by atoms with Crippen molar-refractivity contribution in [3.8, 4) is 11.8 Å². The minimum atomic E-state index is -4.54. The van der Waals surface area contributed by atoms with E-state index in [2.05, 4.69) is 0 Å². The molecule has 0 saturated carbocycles. The Labute approximate surface area is 103 Å². The van der Waals surface area contributed by atoms with Gasteiger partial charge in [-0.15, -0.1) is 0 Å². The molecule has 0 radical (unpaired) electrons. The van der Waals surface area contributed by atoms with E-state index in [0.717, 1.165) is 12.1 Å². The van der Waals surface area contributed by atoms with Crippen LogP contribution >= 0.6 is 0 Å². The topological polar surface area (TPSA) is 42.2 Å². The largest absolute Gasteiger partial charge is 0.493 e. The normalized spacial score (nSPS) is 11.1. The number of methoxy groups -OCH3 is 1. The fraction of sp³-hybridized carbons (Fsp3) is 0.417. The van der Waals surface area contributed by atoms with Crippen molar-refractivity contribution in [2.45, 2.75) is 12.6 Å². The summed E-state index contributed by atoms with van der Waals surface area (Å²) in [5, 5.41) is 8.59. The average Bonchev–Trinajstić information content (AvgIpc) is 2.33. The van der Waals surface area contributed by atoms with Gasteiger partial charge >= 0.3 is 6.18 Å². The Bertz CT molecular complexity index is 438. The second-order valence-corrected chi connectivity index (χ2v) is 3.52. The van der Waals surface area contributed by atoms with Crippen LogP contribution in [0.5, 0.6) is 5.75 Å². The molecule has 98 valence electrons. The monoisotopic (exact) mass is 259 g/mol. The Morgan fingerprint density at radius 3 is 2.56 bits per heavy atom. The molecule has 0 aliphatic rings. The summed E-state index contributed by atoms with van der Waals surface area (Å²) in [5.41, 5.74) is -0.981. The molecular formula is C12H12F3NO2. The maximum absolute atomic E-state index is 12.7. The standard InChI is InChI=1S/C12H12F3NO2/c1-17-5-2-6-18-11-4-3-9(8-16)7-10(11)12(13,14)15/h3-4,7H,2,5-6H2,1H3. The summed E-state index contributed by atoms with van der Waals surface area (Å²) in [4.78, 5) is 0. The van der Waals surface area contributed by atoms with E-state index in [9.17, 15) is 13.2 Å². The van der Waals surface area contributed by atoms with Gasteiger partial charge in [0, 0.05) is 20.1 Å². The Morgan fingerprint density at radius 2 is 2.00 bits per heavy atom. The van der Waals surface area contributed by atoms with Crippen LogP contribution in [-0.4, -0.2) is 20.3 Å². The number of hydrogen-bond acceptors (Lipinski definition) is 3. The van der Waals surface area contributed by atoms with E-state index in [1.165, 1.54) is 13.2 Å². The van der Waals surface area contributed by atoms with Crippen molar-refractivity contribution in [3.63, 3.8) is 0 Å². The molecule has 6 heteroatoms.